The molecule has 0 spiro atoms. The highest BCUT2D eigenvalue weighted by Gasteiger charge is 2.36. The average Bonchev–Trinajstić information content (AvgIpc) is 2.61. The van der Waals surface area contributed by atoms with Gasteiger partial charge >= 0.3 is 0 Å². The van der Waals surface area contributed by atoms with Crippen molar-refractivity contribution in [2.45, 2.75) is 25.8 Å². The second-order valence-electron chi connectivity index (χ2n) is 3.79. The zero-order valence-corrected chi connectivity index (χ0v) is 9.06. The Balaban J connectivity index is 2.34. The molecule has 3 heteroatoms. The van der Waals surface area contributed by atoms with E-state index in [4.69, 9.17) is 0 Å². The smallest absolute Gasteiger partial charge is 0.0940 e. The molecule has 0 aliphatic carbocycles. The van der Waals surface area contributed by atoms with Crippen molar-refractivity contribution in [3.05, 3.63) is 22.4 Å². The minimum atomic E-state index is 0.0955. The van der Waals surface area contributed by atoms with Crippen LogP contribution in [0.5, 0.6) is 0 Å². The summed E-state index contributed by atoms with van der Waals surface area (Å²) in [7, 11) is 2.05. The van der Waals surface area contributed by atoms with E-state index in [1.54, 1.807) is 0 Å². The maximum atomic E-state index is 4.45. The zero-order valence-electron chi connectivity index (χ0n) is 8.24. The van der Waals surface area contributed by atoms with Crippen LogP contribution >= 0.6 is 11.3 Å². The fourth-order valence-electron chi connectivity index (χ4n) is 1.85. The van der Waals surface area contributed by atoms with Gasteiger partial charge < -0.3 is 0 Å². The van der Waals surface area contributed by atoms with Crippen LogP contribution in [0.15, 0.2) is 22.6 Å². The standard InChI is InChI=1S/C10H14N2S/c1-8-7-10(2,12(3)11-8)9-5-4-6-13-9/h4-6H,7H2,1-3H3. The van der Waals surface area contributed by atoms with Crippen LogP contribution in [-0.4, -0.2) is 17.8 Å². The van der Waals surface area contributed by atoms with Crippen molar-refractivity contribution in [1.82, 2.24) is 5.01 Å². The number of hydrogen-bond donors (Lipinski definition) is 0. The highest BCUT2D eigenvalue weighted by molar-refractivity contribution is 7.10. The molecule has 1 unspecified atom stereocenters. The Hall–Kier alpha value is -0.830. The molecule has 0 bridgehead atoms. The van der Waals surface area contributed by atoms with Gasteiger partial charge in [0, 0.05) is 24.1 Å². The number of thiophene rings is 1. The minimum absolute atomic E-state index is 0.0955. The monoisotopic (exact) mass is 194 g/mol. The van der Waals surface area contributed by atoms with Crippen molar-refractivity contribution < 1.29 is 0 Å². The quantitative estimate of drug-likeness (QED) is 0.671. The summed E-state index contributed by atoms with van der Waals surface area (Å²) >= 11 is 1.81. The van der Waals surface area contributed by atoms with Crippen LogP contribution in [0, 0.1) is 0 Å². The lowest BCUT2D eigenvalue weighted by Crippen LogP contribution is -2.33. The van der Waals surface area contributed by atoms with E-state index in [1.807, 2.05) is 11.3 Å². The summed E-state index contributed by atoms with van der Waals surface area (Å²) in [5, 5.41) is 8.66. The zero-order chi connectivity index (χ0) is 9.47. The molecule has 1 aromatic rings. The van der Waals surface area contributed by atoms with Gasteiger partial charge in [0.15, 0.2) is 0 Å². The summed E-state index contributed by atoms with van der Waals surface area (Å²) in [5.41, 5.74) is 1.32. The Labute approximate surface area is 82.9 Å². The largest absolute Gasteiger partial charge is 0.289 e. The van der Waals surface area contributed by atoms with Gasteiger partial charge in [0.05, 0.1) is 5.54 Å². The van der Waals surface area contributed by atoms with E-state index >= 15 is 0 Å². The molecule has 0 N–H and O–H groups in total. The lowest BCUT2D eigenvalue weighted by atomic mass is 9.94. The maximum Gasteiger partial charge on any atom is 0.0940 e. The summed E-state index contributed by atoms with van der Waals surface area (Å²) < 4.78 is 0. The van der Waals surface area contributed by atoms with Crippen molar-refractivity contribution in [3.8, 4) is 0 Å². The van der Waals surface area contributed by atoms with Crippen molar-refractivity contribution >= 4 is 17.0 Å². The molecule has 1 aliphatic heterocycles. The van der Waals surface area contributed by atoms with Crippen LogP contribution in [0.3, 0.4) is 0 Å². The first-order valence-electron chi connectivity index (χ1n) is 4.45. The Morgan fingerprint density at radius 2 is 2.38 bits per heavy atom. The van der Waals surface area contributed by atoms with Crippen LogP contribution in [0.25, 0.3) is 0 Å². The van der Waals surface area contributed by atoms with Gasteiger partial charge in [-0.2, -0.15) is 5.10 Å². The van der Waals surface area contributed by atoms with Gasteiger partial charge in [-0.05, 0) is 25.3 Å². The Morgan fingerprint density at radius 3 is 2.85 bits per heavy atom. The Kier molecular flexibility index (Phi) is 1.91. The average molecular weight is 194 g/mol. The molecule has 0 aromatic carbocycles. The molecule has 2 nitrogen and oxygen atoms in total. The van der Waals surface area contributed by atoms with E-state index in [-0.39, 0.29) is 5.54 Å². The molecule has 0 saturated carbocycles. The first kappa shape index (κ1) is 8.75. The SMILES string of the molecule is CC1=NN(C)C(C)(c2cccs2)C1. The molecule has 0 radical (unpaired) electrons. The van der Waals surface area contributed by atoms with Crippen LogP contribution in [0.4, 0.5) is 0 Å². The Bertz CT molecular complexity index is 329. The molecule has 0 fully saturated rings. The Morgan fingerprint density at radius 1 is 1.62 bits per heavy atom. The molecule has 1 aliphatic rings. The van der Waals surface area contributed by atoms with E-state index in [1.165, 1.54) is 10.6 Å². The third-order valence-electron chi connectivity index (χ3n) is 2.69. The molecule has 2 rings (SSSR count). The van der Waals surface area contributed by atoms with Crippen molar-refractivity contribution in [2.24, 2.45) is 5.10 Å². The number of hydrogen-bond acceptors (Lipinski definition) is 3. The fourth-order valence-corrected chi connectivity index (χ4v) is 2.77. The van der Waals surface area contributed by atoms with Crippen LogP contribution < -0.4 is 0 Å². The van der Waals surface area contributed by atoms with Gasteiger partial charge in [-0.25, -0.2) is 0 Å². The number of hydrazone groups is 1. The van der Waals surface area contributed by atoms with E-state index in [2.05, 4.69) is 48.5 Å². The molecule has 1 aromatic heterocycles. The van der Waals surface area contributed by atoms with Crippen LogP contribution in [0.2, 0.25) is 0 Å². The number of nitrogens with zero attached hydrogens (tertiary/aromatic N) is 2. The summed E-state index contributed by atoms with van der Waals surface area (Å²) in [4.78, 5) is 1.40. The summed E-state index contributed by atoms with van der Waals surface area (Å²) in [6.45, 7) is 4.34. The second kappa shape index (κ2) is 2.84. The van der Waals surface area contributed by atoms with Crippen LogP contribution in [0.1, 0.15) is 25.1 Å². The lowest BCUT2D eigenvalue weighted by Gasteiger charge is -2.30. The normalized spacial score (nSPS) is 27.9. The van der Waals surface area contributed by atoms with Gasteiger partial charge in [0.25, 0.3) is 0 Å². The molecule has 70 valence electrons. The van der Waals surface area contributed by atoms with Gasteiger partial charge in [0.2, 0.25) is 0 Å². The first-order valence-corrected chi connectivity index (χ1v) is 5.33. The van der Waals surface area contributed by atoms with Gasteiger partial charge in [-0.3, -0.25) is 5.01 Å². The minimum Gasteiger partial charge on any atom is -0.289 e. The topological polar surface area (TPSA) is 15.6 Å². The molecule has 0 amide bonds. The molecular weight excluding hydrogens is 180 g/mol. The summed E-state index contributed by atoms with van der Waals surface area (Å²) in [6, 6.07) is 4.29. The predicted octanol–water partition coefficient (Wildman–Crippen LogP) is 2.67. The second-order valence-corrected chi connectivity index (χ2v) is 4.73. The van der Waals surface area contributed by atoms with E-state index in [9.17, 15) is 0 Å². The van der Waals surface area contributed by atoms with Crippen molar-refractivity contribution in [3.63, 3.8) is 0 Å². The van der Waals surface area contributed by atoms with Gasteiger partial charge in [-0.15, -0.1) is 11.3 Å². The molecule has 13 heavy (non-hydrogen) atoms. The third kappa shape index (κ3) is 1.27. The van der Waals surface area contributed by atoms with Crippen LogP contribution in [-0.2, 0) is 5.54 Å². The number of rotatable bonds is 1. The summed E-state index contributed by atoms with van der Waals surface area (Å²) in [5.74, 6) is 0. The third-order valence-corrected chi connectivity index (χ3v) is 3.81. The molecule has 2 heterocycles. The lowest BCUT2D eigenvalue weighted by molar-refractivity contribution is 0.178. The maximum absolute atomic E-state index is 4.45. The summed E-state index contributed by atoms with van der Waals surface area (Å²) in [6.07, 6.45) is 1.05. The van der Waals surface area contributed by atoms with Gasteiger partial charge in [0.1, 0.15) is 0 Å². The van der Waals surface area contributed by atoms with E-state index in [0.29, 0.717) is 0 Å². The predicted molar refractivity (Wildman–Crippen MR) is 57.2 cm³/mol. The molecular formula is C10H14N2S. The molecule has 0 saturated heterocycles. The fraction of sp³-hybridized carbons (Fsp3) is 0.500. The van der Waals surface area contributed by atoms with Crippen molar-refractivity contribution in [2.75, 3.05) is 7.05 Å². The van der Waals surface area contributed by atoms with Crippen molar-refractivity contribution in [1.29, 1.82) is 0 Å². The highest BCUT2D eigenvalue weighted by atomic mass is 32.1. The van der Waals surface area contributed by atoms with E-state index < -0.39 is 0 Å². The molecule has 1 atom stereocenters. The first-order chi connectivity index (χ1) is 6.13. The highest BCUT2D eigenvalue weighted by Crippen LogP contribution is 2.38. The van der Waals surface area contributed by atoms with Gasteiger partial charge in [-0.1, -0.05) is 6.07 Å². The van der Waals surface area contributed by atoms with E-state index in [0.717, 1.165) is 6.42 Å².